The van der Waals surface area contributed by atoms with Crippen molar-refractivity contribution in [1.29, 1.82) is 0 Å². The molecule has 3 heteroatoms. The maximum absolute atomic E-state index is 10.4. The van der Waals surface area contributed by atoms with E-state index in [-0.39, 0.29) is 11.1 Å². The van der Waals surface area contributed by atoms with Crippen molar-refractivity contribution in [3.05, 3.63) is 36.8 Å². The molecule has 21 heavy (non-hydrogen) atoms. The number of nitrogens with zero attached hydrogens (tertiary/aromatic N) is 1. The number of aliphatic hydroxyl groups excluding tert-OH is 1. The van der Waals surface area contributed by atoms with Gasteiger partial charge in [-0.2, -0.15) is 0 Å². The summed E-state index contributed by atoms with van der Waals surface area (Å²) in [6.07, 6.45) is 4.00. The molecule has 0 aliphatic carbocycles. The van der Waals surface area contributed by atoms with Crippen LogP contribution in [0.3, 0.4) is 0 Å². The molecule has 1 aliphatic rings. The maximum Gasteiger partial charge on any atom is 0.119 e. The van der Waals surface area contributed by atoms with E-state index in [9.17, 15) is 5.11 Å². The van der Waals surface area contributed by atoms with Gasteiger partial charge >= 0.3 is 0 Å². The largest absolute Gasteiger partial charge is 0.491 e. The van der Waals surface area contributed by atoms with Crippen molar-refractivity contribution >= 4 is 0 Å². The molecule has 0 spiro atoms. The van der Waals surface area contributed by atoms with Crippen LogP contribution in [0.15, 0.2) is 30.3 Å². The summed E-state index contributed by atoms with van der Waals surface area (Å²) in [5, 5.41) is 10.4. The second-order valence-corrected chi connectivity index (χ2v) is 7.21. The summed E-state index contributed by atoms with van der Waals surface area (Å²) in [4.78, 5) is 2.42. The van der Waals surface area contributed by atoms with Crippen molar-refractivity contribution < 1.29 is 9.84 Å². The molecule has 0 aromatic heterocycles. The zero-order chi connectivity index (χ0) is 15.5. The first-order valence-corrected chi connectivity index (χ1v) is 7.77. The molecule has 0 bridgehead atoms. The Labute approximate surface area is 128 Å². The third-order valence-corrected chi connectivity index (χ3v) is 4.33. The lowest BCUT2D eigenvalue weighted by Gasteiger charge is -2.53. The molecule has 1 radical (unpaired) electrons. The predicted molar refractivity (Wildman–Crippen MR) is 86.3 cm³/mol. The lowest BCUT2D eigenvalue weighted by molar-refractivity contribution is -0.0475. The normalized spacial score (nSPS) is 22.7. The van der Waals surface area contributed by atoms with Gasteiger partial charge in [0, 0.05) is 17.6 Å². The fraction of sp³-hybridized carbons (Fsp3) is 0.611. The molecule has 1 heterocycles. The van der Waals surface area contributed by atoms with Gasteiger partial charge in [-0.05, 0) is 59.1 Å². The van der Waals surface area contributed by atoms with E-state index in [4.69, 9.17) is 4.74 Å². The zero-order valence-corrected chi connectivity index (χ0v) is 13.7. The molecule has 1 N–H and O–H groups in total. The number of ether oxygens (including phenoxy) is 1. The van der Waals surface area contributed by atoms with Gasteiger partial charge in [0.05, 0.1) is 0 Å². The van der Waals surface area contributed by atoms with Gasteiger partial charge in [0.15, 0.2) is 0 Å². The Kier molecular flexibility index (Phi) is 4.95. The average Bonchev–Trinajstić information content (AvgIpc) is 2.41. The minimum Gasteiger partial charge on any atom is -0.491 e. The van der Waals surface area contributed by atoms with Crippen molar-refractivity contribution in [2.45, 2.75) is 57.7 Å². The summed E-state index contributed by atoms with van der Waals surface area (Å²) >= 11 is 0. The molecule has 0 saturated carbocycles. The number of hydrogen-bond acceptors (Lipinski definition) is 3. The van der Waals surface area contributed by atoms with Gasteiger partial charge in [0.25, 0.3) is 0 Å². The molecule has 1 aromatic carbocycles. The number of benzene rings is 1. The highest BCUT2D eigenvalue weighted by Gasteiger charge is 2.41. The summed E-state index contributed by atoms with van der Waals surface area (Å²) in [6, 6.07) is 9.66. The van der Waals surface area contributed by atoms with Crippen LogP contribution in [0.4, 0.5) is 0 Å². The van der Waals surface area contributed by atoms with Crippen LogP contribution < -0.4 is 4.74 Å². The average molecular weight is 290 g/mol. The molecule has 117 valence electrons. The van der Waals surface area contributed by atoms with Gasteiger partial charge in [-0.1, -0.05) is 18.2 Å². The van der Waals surface area contributed by atoms with Crippen LogP contribution in [0.2, 0.25) is 0 Å². The molecule has 1 aromatic rings. The molecular weight excluding hydrogens is 262 g/mol. The lowest BCUT2D eigenvalue weighted by Crippen LogP contribution is -2.61. The number of hydrogen-bond donors (Lipinski definition) is 1. The minimum absolute atomic E-state index is 0.0788. The topological polar surface area (TPSA) is 32.7 Å². The molecule has 1 fully saturated rings. The van der Waals surface area contributed by atoms with E-state index in [1.807, 2.05) is 30.3 Å². The first-order valence-electron chi connectivity index (χ1n) is 7.77. The lowest BCUT2D eigenvalue weighted by atomic mass is 9.79. The molecule has 1 unspecified atom stereocenters. The Hall–Kier alpha value is -1.06. The summed E-state index contributed by atoms with van der Waals surface area (Å²) < 4.78 is 5.66. The van der Waals surface area contributed by atoms with Gasteiger partial charge in [-0.3, -0.25) is 4.90 Å². The van der Waals surface area contributed by atoms with Gasteiger partial charge in [-0.25, -0.2) is 0 Å². The highest BCUT2D eigenvalue weighted by molar-refractivity contribution is 5.20. The van der Waals surface area contributed by atoms with Crippen molar-refractivity contribution in [2.75, 3.05) is 13.2 Å². The predicted octanol–water partition coefficient (Wildman–Crippen LogP) is 3.28. The SMILES string of the molecule is CC1(C)C[CH]CC(C)(C)N1CC(O)COc1ccccc1. The van der Waals surface area contributed by atoms with Crippen molar-refractivity contribution in [1.82, 2.24) is 4.90 Å². The summed E-state index contributed by atoms with van der Waals surface area (Å²) in [5.74, 6) is 0.807. The minimum atomic E-state index is -0.484. The highest BCUT2D eigenvalue weighted by atomic mass is 16.5. The Morgan fingerprint density at radius 2 is 1.67 bits per heavy atom. The molecular formula is C18H28NO2. The summed E-state index contributed by atoms with van der Waals surface area (Å²) in [6.45, 7) is 9.95. The van der Waals surface area contributed by atoms with E-state index in [0.29, 0.717) is 13.2 Å². The van der Waals surface area contributed by atoms with E-state index in [1.54, 1.807) is 0 Å². The molecule has 1 aliphatic heterocycles. The monoisotopic (exact) mass is 290 g/mol. The van der Waals surface area contributed by atoms with E-state index in [0.717, 1.165) is 18.6 Å². The zero-order valence-electron chi connectivity index (χ0n) is 13.7. The van der Waals surface area contributed by atoms with Crippen molar-refractivity contribution in [2.24, 2.45) is 0 Å². The van der Waals surface area contributed by atoms with Crippen LogP contribution in [-0.2, 0) is 0 Å². The number of rotatable bonds is 5. The number of piperidine rings is 1. The fourth-order valence-electron chi connectivity index (χ4n) is 3.29. The first-order chi connectivity index (χ1) is 9.81. The molecule has 1 atom stereocenters. The van der Waals surface area contributed by atoms with E-state index in [2.05, 4.69) is 39.0 Å². The van der Waals surface area contributed by atoms with Crippen LogP contribution in [0, 0.1) is 6.42 Å². The second-order valence-electron chi connectivity index (χ2n) is 7.21. The second kappa shape index (κ2) is 6.37. The van der Waals surface area contributed by atoms with Crippen molar-refractivity contribution in [3.8, 4) is 5.75 Å². The standard InChI is InChI=1S/C18H28NO2/c1-17(2)11-8-12-18(3,4)19(17)13-15(20)14-21-16-9-6-5-7-10-16/h5-10,15,20H,11-14H2,1-4H3. The number of aliphatic hydroxyl groups is 1. The molecule has 2 rings (SSSR count). The van der Waals surface area contributed by atoms with E-state index >= 15 is 0 Å². The van der Waals surface area contributed by atoms with Gasteiger partial charge < -0.3 is 9.84 Å². The number of likely N-dealkylation sites (tertiary alicyclic amines) is 1. The van der Waals surface area contributed by atoms with Crippen LogP contribution in [0.1, 0.15) is 40.5 Å². The van der Waals surface area contributed by atoms with Crippen LogP contribution in [0.5, 0.6) is 5.75 Å². The highest BCUT2D eigenvalue weighted by Crippen LogP contribution is 2.37. The van der Waals surface area contributed by atoms with Crippen molar-refractivity contribution in [3.63, 3.8) is 0 Å². The number of para-hydroxylation sites is 1. The molecule has 0 amide bonds. The maximum atomic E-state index is 10.4. The smallest absolute Gasteiger partial charge is 0.119 e. The van der Waals surface area contributed by atoms with Crippen LogP contribution in [0.25, 0.3) is 0 Å². The third-order valence-electron chi connectivity index (χ3n) is 4.33. The third kappa shape index (κ3) is 4.21. The Balaban J connectivity index is 1.92. The Morgan fingerprint density at radius 3 is 2.24 bits per heavy atom. The van der Waals surface area contributed by atoms with Crippen LogP contribution in [-0.4, -0.2) is 40.3 Å². The Bertz CT molecular complexity index is 426. The number of β-amino-alcohol motifs (C(OH)–C–C–N with tert-alkyl or cyclic N) is 1. The van der Waals surface area contributed by atoms with Gasteiger partial charge in [-0.15, -0.1) is 0 Å². The summed E-state index contributed by atoms with van der Waals surface area (Å²) in [5.41, 5.74) is 0.158. The van der Waals surface area contributed by atoms with E-state index in [1.165, 1.54) is 0 Å². The molecule has 1 saturated heterocycles. The quantitative estimate of drug-likeness (QED) is 0.903. The summed E-state index contributed by atoms with van der Waals surface area (Å²) in [7, 11) is 0. The fourth-order valence-corrected chi connectivity index (χ4v) is 3.29. The van der Waals surface area contributed by atoms with Gasteiger partial charge in [0.1, 0.15) is 18.5 Å². The van der Waals surface area contributed by atoms with Crippen LogP contribution >= 0.6 is 0 Å². The van der Waals surface area contributed by atoms with E-state index < -0.39 is 6.10 Å². The first kappa shape index (κ1) is 16.3. The Morgan fingerprint density at radius 1 is 1.10 bits per heavy atom. The molecule has 3 nitrogen and oxygen atoms in total. The van der Waals surface area contributed by atoms with Gasteiger partial charge in [0.2, 0.25) is 0 Å².